The smallest absolute Gasteiger partial charge is 0.217 e. The van der Waals surface area contributed by atoms with Crippen LogP contribution in [0.2, 0.25) is 0 Å². The van der Waals surface area contributed by atoms with Gasteiger partial charge in [0.05, 0.1) is 12.8 Å². The lowest BCUT2D eigenvalue weighted by molar-refractivity contribution is -0.119. The standard InChI is InChI=1S/C25H37N5O2/c1-17(2)19-6-8-20(9-7-19)29-13-10-21(11-14-29)30-24(16-27-18(3)31)23(15-28-32)22-5-4-12-26-25(22)30/h4-5,12,15,17,19-21,32H,6-11,13-14,16H2,1-3H3,(H,27,31)/b28-15-. The van der Waals surface area contributed by atoms with Gasteiger partial charge in [0.25, 0.3) is 0 Å². The van der Waals surface area contributed by atoms with E-state index >= 15 is 0 Å². The van der Waals surface area contributed by atoms with Crippen LogP contribution in [0.3, 0.4) is 0 Å². The van der Waals surface area contributed by atoms with Gasteiger partial charge in [0.1, 0.15) is 5.65 Å². The molecule has 0 bridgehead atoms. The molecule has 0 spiro atoms. The lowest BCUT2D eigenvalue weighted by Gasteiger charge is -2.42. The maximum Gasteiger partial charge on any atom is 0.217 e. The van der Waals surface area contributed by atoms with Crippen molar-refractivity contribution in [2.45, 2.75) is 77.9 Å². The number of aromatic nitrogens is 2. The van der Waals surface area contributed by atoms with Crippen molar-refractivity contribution in [1.82, 2.24) is 19.8 Å². The summed E-state index contributed by atoms with van der Waals surface area (Å²) in [4.78, 5) is 19.0. The molecule has 0 aromatic carbocycles. The van der Waals surface area contributed by atoms with Gasteiger partial charge in [0.15, 0.2) is 0 Å². The molecule has 2 aromatic rings. The Morgan fingerprint density at radius 3 is 2.56 bits per heavy atom. The first-order chi connectivity index (χ1) is 15.5. The molecule has 1 saturated carbocycles. The summed E-state index contributed by atoms with van der Waals surface area (Å²) in [5.41, 5.74) is 2.69. The second kappa shape index (κ2) is 10.0. The molecule has 2 aliphatic rings. The van der Waals surface area contributed by atoms with Crippen molar-refractivity contribution < 1.29 is 10.0 Å². The van der Waals surface area contributed by atoms with Crippen LogP contribution in [0.4, 0.5) is 0 Å². The molecule has 2 N–H and O–H groups in total. The van der Waals surface area contributed by atoms with Crippen molar-refractivity contribution in [1.29, 1.82) is 0 Å². The number of piperidine rings is 1. The summed E-state index contributed by atoms with van der Waals surface area (Å²) in [5, 5.41) is 16.5. The van der Waals surface area contributed by atoms with Crippen molar-refractivity contribution in [2.24, 2.45) is 17.0 Å². The van der Waals surface area contributed by atoms with Crippen LogP contribution in [0, 0.1) is 11.8 Å². The van der Waals surface area contributed by atoms with Crippen LogP contribution >= 0.6 is 0 Å². The summed E-state index contributed by atoms with van der Waals surface area (Å²) in [6.07, 6.45) is 10.8. The molecule has 1 amide bonds. The molecule has 1 aliphatic heterocycles. The highest BCUT2D eigenvalue weighted by molar-refractivity contribution is 5.99. The predicted molar refractivity (Wildman–Crippen MR) is 127 cm³/mol. The first-order valence-electron chi connectivity index (χ1n) is 12.1. The predicted octanol–water partition coefficient (Wildman–Crippen LogP) is 4.33. The second-order valence-electron chi connectivity index (χ2n) is 9.84. The van der Waals surface area contributed by atoms with E-state index in [0.717, 1.165) is 66.1 Å². The quantitative estimate of drug-likeness (QED) is 0.399. The van der Waals surface area contributed by atoms with Gasteiger partial charge in [-0.3, -0.25) is 4.79 Å². The van der Waals surface area contributed by atoms with Gasteiger partial charge in [0.2, 0.25) is 5.91 Å². The first-order valence-corrected chi connectivity index (χ1v) is 12.1. The third-order valence-corrected chi connectivity index (χ3v) is 7.66. The number of carbonyl (C=O) groups is 1. The molecule has 4 rings (SSSR count). The molecule has 7 nitrogen and oxygen atoms in total. The normalized spacial score (nSPS) is 23.4. The fourth-order valence-electron chi connectivity index (χ4n) is 5.84. The van der Waals surface area contributed by atoms with E-state index < -0.39 is 0 Å². The third kappa shape index (κ3) is 4.68. The van der Waals surface area contributed by atoms with E-state index in [0.29, 0.717) is 12.6 Å². The first kappa shape index (κ1) is 22.8. The summed E-state index contributed by atoms with van der Waals surface area (Å²) < 4.78 is 2.29. The van der Waals surface area contributed by atoms with Crippen LogP contribution in [0.15, 0.2) is 23.5 Å². The van der Waals surface area contributed by atoms with Gasteiger partial charge < -0.3 is 20.0 Å². The number of rotatable bonds is 6. The Labute approximate surface area is 190 Å². The van der Waals surface area contributed by atoms with Gasteiger partial charge in [-0.2, -0.15) is 0 Å². The molecule has 0 radical (unpaired) electrons. The summed E-state index contributed by atoms with van der Waals surface area (Å²) >= 11 is 0. The zero-order valence-electron chi connectivity index (χ0n) is 19.6. The van der Waals surface area contributed by atoms with E-state index in [1.807, 2.05) is 18.3 Å². The minimum Gasteiger partial charge on any atom is -0.411 e. The Hall–Kier alpha value is -2.41. The molecular weight excluding hydrogens is 402 g/mol. The average molecular weight is 440 g/mol. The number of nitrogens with zero attached hydrogens (tertiary/aromatic N) is 4. The number of hydrogen-bond donors (Lipinski definition) is 2. The highest BCUT2D eigenvalue weighted by Crippen LogP contribution is 2.36. The Morgan fingerprint density at radius 1 is 1.22 bits per heavy atom. The van der Waals surface area contributed by atoms with Crippen LogP contribution in [0.1, 0.15) is 76.6 Å². The number of nitrogens with one attached hydrogen (secondary N) is 1. The number of oxime groups is 1. The van der Waals surface area contributed by atoms with Crippen LogP contribution < -0.4 is 5.32 Å². The van der Waals surface area contributed by atoms with Gasteiger partial charge in [-0.15, -0.1) is 0 Å². The lowest BCUT2D eigenvalue weighted by atomic mass is 9.79. The van der Waals surface area contributed by atoms with Gasteiger partial charge in [-0.25, -0.2) is 4.98 Å². The molecule has 7 heteroatoms. The summed E-state index contributed by atoms with van der Waals surface area (Å²) in [6.45, 7) is 8.83. The Bertz CT molecular complexity index is 951. The lowest BCUT2D eigenvalue weighted by Crippen LogP contribution is -2.44. The molecule has 0 unspecified atom stereocenters. The van der Waals surface area contributed by atoms with Gasteiger partial charge in [0, 0.05) is 54.9 Å². The molecular formula is C25H37N5O2. The highest BCUT2D eigenvalue weighted by Gasteiger charge is 2.32. The number of hydrogen-bond acceptors (Lipinski definition) is 5. The molecule has 1 saturated heterocycles. The number of likely N-dealkylation sites (tertiary alicyclic amines) is 1. The average Bonchev–Trinajstić information content (AvgIpc) is 3.11. The van der Waals surface area contributed by atoms with Gasteiger partial charge in [-0.05, 0) is 62.5 Å². The van der Waals surface area contributed by atoms with Gasteiger partial charge in [-0.1, -0.05) is 19.0 Å². The number of amides is 1. The maximum absolute atomic E-state index is 11.6. The Kier molecular flexibility index (Phi) is 7.13. The minimum absolute atomic E-state index is 0.0755. The van der Waals surface area contributed by atoms with Crippen LogP contribution in [-0.4, -0.2) is 50.9 Å². The fraction of sp³-hybridized carbons (Fsp3) is 0.640. The Morgan fingerprint density at radius 2 is 1.94 bits per heavy atom. The van der Waals surface area contributed by atoms with Crippen LogP contribution in [0.25, 0.3) is 11.0 Å². The van der Waals surface area contributed by atoms with Crippen molar-refractivity contribution in [3.8, 4) is 0 Å². The Balaban J connectivity index is 1.54. The zero-order valence-corrected chi connectivity index (χ0v) is 19.6. The molecule has 1 aliphatic carbocycles. The van der Waals surface area contributed by atoms with Crippen molar-refractivity contribution in [3.05, 3.63) is 29.6 Å². The molecule has 0 atom stereocenters. The SMILES string of the molecule is CC(=O)NCc1c(/C=N\O)c2cccnc2n1C1CCN(C2CCC(C(C)C)CC2)CC1. The molecule has 2 fully saturated rings. The fourth-order valence-corrected chi connectivity index (χ4v) is 5.84. The largest absolute Gasteiger partial charge is 0.411 e. The van der Waals surface area contributed by atoms with Gasteiger partial charge >= 0.3 is 0 Å². The van der Waals surface area contributed by atoms with Crippen LogP contribution in [-0.2, 0) is 11.3 Å². The van der Waals surface area contributed by atoms with Crippen LogP contribution in [0.5, 0.6) is 0 Å². The van der Waals surface area contributed by atoms with E-state index in [-0.39, 0.29) is 5.91 Å². The maximum atomic E-state index is 11.6. The van der Waals surface area contributed by atoms with Crippen molar-refractivity contribution in [3.63, 3.8) is 0 Å². The van der Waals surface area contributed by atoms with Crippen molar-refractivity contribution in [2.75, 3.05) is 13.1 Å². The van der Waals surface area contributed by atoms with E-state index in [9.17, 15) is 10.0 Å². The molecule has 3 heterocycles. The van der Waals surface area contributed by atoms with Crippen molar-refractivity contribution >= 4 is 23.2 Å². The van der Waals surface area contributed by atoms with E-state index in [1.54, 1.807) is 0 Å². The monoisotopic (exact) mass is 439 g/mol. The van der Waals surface area contributed by atoms with E-state index in [2.05, 4.69) is 38.8 Å². The highest BCUT2D eigenvalue weighted by atomic mass is 16.4. The summed E-state index contributed by atoms with van der Waals surface area (Å²) in [6, 6.07) is 4.96. The molecule has 32 heavy (non-hydrogen) atoms. The topological polar surface area (TPSA) is 82.7 Å². The minimum atomic E-state index is -0.0755. The summed E-state index contributed by atoms with van der Waals surface area (Å²) in [5.74, 6) is 1.62. The number of carbonyl (C=O) groups excluding carboxylic acids is 1. The molecule has 174 valence electrons. The summed E-state index contributed by atoms with van der Waals surface area (Å²) in [7, 11) is 0. The second-order valence-corrected chi connectivity index (χ2v) is 9.84. The number of fused-ring (bicyclic) bond motifs is 1. The van der Waals surface area contributed by atoms with E-state index in [1.165, 1.54) is 38.8 Å². The number of pyridine rings is 1. The zero-order chi connectivity index (χ0) is 22.7. The third-order valence-electron chi connectivity index (χ3n) is 7.66. The molecule has 2 aromatic heterocycles. The van der Waals surface area contributed by atoms with E-state index in [4.69, 9.17) is 0 Å².